The Morgan fingerprint density at radius 1 is 1.46 bits per heavy atom. The van der Waals surface area contributed by atoms with Crippen molar-refractivity contribution in [3.05, 3.63) is 29.3 Å². The maximum absolute atomic E-state index is 12.0. The van der Waals surface area contributed by atoms with E-state index in [1.807, 2.05) is 23.1 Å². The third kappa shape index (κ3) is 4.52. The first kappa shape index (κ1) is 18.8. The molecule has 0 fully saturated rings. The molecule has 0 aliphatic carbocycles. The fourth-order valence-electron chi connectivity index (χ4n) is 2.86. The van der Waals surface area contributed by atoms with Gasteiger partial charge in [0.2, 0.25) is 0 Å². The minimum atomic E-state index is -0.346. The predicted octanol–water partition coefficient (Wildman–Crippen LogP) is 0.963. The van der Waals surface area contributed by atoms with Crippen molar-refractivity contribution >= 4 is 29.1 Å². The van der Waals surface area contributed by atoms with Crippen LogP contribution in [0.25, 0.3) is 0 Å². The van der Waals surface area contributed by atoms with Crippen molar-refractivity contribution < 1.29 is 14.0 Å². The number of halogens is 1. The number of nitrogens with two attached hydrogens (primary N) is 1. The summed E-state index contributed by atoms with van der Waals surface area (Å²) in [7, 11) is 0. The number of fused-ring (bicyclic) bond motifs is 1. The zero-order valence-electron chi connectivity index (χ0n) is 13.8. The lowest BCUT2D eigenvalue weighted by atomic mass is 9.92. The number of rotatable bonds is 8. The van der Waals surface area contributed by atoms with E-state index < -0.39 is 0 Å². The van der Waals surface area contributed by atoms with Crippen molar-refractivity contribution in [3.63, 3.8) is 0 Å². The van der Waals surface area contributed by atoms with E-state index in [0.717, 1.165) is 16.8 Å². The van der Waals surface area contributed by atoms with E-state index in [9.17, 15) is 9.59 Å². The zero-order chi connectivity index (χ0) is 17.7. The molecule has 24 heavy (non-hydrogen) atoms. The van der Waals surface area contributed by atoms with Gasteiger partial charge in [0.25, 0.3) is 0 Å². The van der Waals surface area contributed by atoms with Gasteiger partial charge in [-0.05, 0) is 43.5 Å². The minimum Gasteiger partial charge on any atom is -0.324 e. The molecule has 2 atom stereocenters. The van der Waals surface area contributed by atoms with Crippen LogP contribution in [0.3, 0.4) is 0 Å². The summed E-state index contributed by atoms with van der Waals surface area (Å²) in [4.78, 5) is 25.6. The van der Waals surface area contributed by atoms with Crippen LogP contribution in [0.15, 0.2) is 18.2 Å². The lowest BCUT2D eigenvalue weighted by molar-refractivity contribution is -0.123. The molecule has 0 spiro atoms. The fraction of sp³-hybridized carbons (Fsp3) is 0.500. The Kier molecular flexibility index (Phi) is 6.70. The largest absolute Gasteiger partial charge is 0.324 e. The molecule has 1 aliphatic rings. The van der Waals surface area contributed by atoms with Crippen LogP contribution in [-0.2, 0) is 26.9 Å². The van der Waals surface area contributed by atoms with Gasteiger partial charge < -0.3 is 5.73 Å². The number of carbonyl (C=O) groups excluding carboxylic acids is 2. The number of carbonyl (C=O) groups is 2. The number of anilines is 1. The van der Waals surface area contributed by atoms with Crippen LogP contribution < -0.4 is 16.5 Å². The van der Waals surface area contributed by atoms with Crippen molar-refractivity contribution in [1.29, 1.82) is 0 Å². The highest BCUT2D eigenvalue weighted by Gasteiger charge is 2.29. The zero-order valence-corrected chi connectivity index (χ0v) is 14.6. The van der Waals surface area contributed by atoms with Gasteiger partial charge in [-0.25, -0.2) is 5.48 Å². The van der Waals surface area contributed by atoms with Gasteiger partial charge in [-0.2, -0.15) is 4.39 Å². The van der Waals surface area contributed by atoms with Gasteiger partial charge in [-0.3, -0.25) is 19.8 Å². The van der Waals surface area contributed by atoms with E-state index in [0.29, 0.717) is 19.6 Å². The highest BCUT2D eigenvalue weighted by molar-refractivity contribution is 6.07. The molecule has 1 aromatic rings. The summed E-state index contributed by atoms with van der Waals surface area (Å²) >= 11 is 5.22. The topological polar surface area (TPSA) is 96.7 Å². The van der Waals surface area contributed by atoms with Gasteiger partial charge in [-0.15, -0.1) is 0 Å². The Bertz CT molecular complexity index is 611. The summed E-state index contributed by atoms with van der Waals surface area (Å²) in [6.07, 6.45) is 0.633. The highest BCUT2D eigenvalue weighted by atomic mass is 35.5. The monoisotopic (exact) mass is 354 g/mol. The molecule has 8 heteroatoms. The molecule has 132 valence electrons. The average Bonchev–Trinajstić information content (AvgIpc) is 2.58. The van der Waals surface area contributed by atoms with Gasteiger partial charge in [0.05, 0.1) is 36.2 Å². The number of ketones is 2. The first-order chi connectivity index (χ1) is 11.5. The summed E-state index contributed by atoms with van der Waals surface area (Å²) in [5.41, 5.74) is 10.9. The van der Waals surface area contributed by atoms with Gasteiger partial charge in [0, 0.05) is 13.2 Å². The second-order valence-electron chi connectivity index (χ2n) is 5.99. The Balaban J connectivity index is 2.13. The Morgan fingerprint density at radius 3 is 2.83 bits per heavy atom. The second-order valence-corrected chi connectivity index (χ2v) is 6.15. The van der Waals surface area contributed by atoms with Crippen LogP contribution in [0.2, 0.25) is 0 Å². The minimum absolute atomic E-state index is 0.000588. The smallest absolute Gasteiger partial charge is 0.162 e. The van der Waals surface area contributed by atoms with Gasteiger partial charge in [-0.1, -0.05) is 6.07 Å². The van der Waals surface area contributed by atoms with Crippen LogP contribution in [0, 0.1) is 0 Å². The van der Waals surface area contributed by atoms with Crippen LogP contribution in [0.1, 0.15) is 25.0 Å². The molecule has 0 saturated carbocycles. The number of nitrogens with zero attached hydrogens (tertiary/aromatic N) is 1. The van der Waals surface area contributed by atoms with Gasteiger partial charge in [0.15, 0.2) is 5.78 Å². The summed E-state index contributed by atoms with van der Waals surface area (Å²) in [6.45, 7) is 4.39. The molecule has 1 heterocycles. The van der Waals surface area contributed by atoms with Crippen molar-refractivity contribution in [2.75, 3.05) is 18.7 Å². The van der Waals surface area contributed by atoms with Crippen molar-refractivity contribution in [3.8, 4) is 0 Å². The summed E-state index contributed by atoms with van der Waals surface area (Å²) < 4.78 is 4.42. The number of nitrogens with one attached hydrogen (secondary N) is 2. The van der Waals surface area contributed by atoms with Gasteiger partial charge in [0.1, 0.15) is 5.78 Å². The van der Waals surface area contributed by atoms with E-state index >= 15 is 0 Å². The standard InChI is InChI=1S/C16H23ClN4O3/c1-10(16(23)7-18)19-9-21-8-13-5-14(20-24-17)4-3-12(13)6-15(21)11(2)22/h3-5,10,15,19-20H,6-9,18H2,1-2H3/t10-,15-/m0/s1. The first-order valence-electron chi connectivity index (χ1n) is 7.82. The van der Waals surface area contributed by atoms with E-state index in [1.165, 1.54) is 0 Å². The lowest BCUT2D eigenvalue weighted by Crippen LogP contribution is -2.51. The number of hydrogen-bond donors (Lipinski definition) is 3. The first-order valence-corrected chi connectivity index (χ1v) is 8.13. The molecule has 7 nitrogen and oxygen atoms in total. The molecule has 0 bridgehead atoms. The van der Waals surface area contributed by atoms with Crippen molar-refractivity contribution in [2.24, 2.45) is 5.73 Å². The second kappa shape index (κ2) is 8.55. The molecule has 1 aromatic carbocycles. The number of Topliss-reactive ketones (excluding diaryl/α,β-unsaturated/α-hetero) is 2. The van der Waals surface area contributed by atoms with E-state index in [-0.39, 0.29) is 30.2 Å². The molecule has 0 saturated heterocycles. The fourth-order valence-corrected chi connectivity index (χ4v) is 2.95. The molecule has 2 rings (SSSR count). The van der Waals surface area contributed by atoms with Crippen LogP contribution in [0.4, 0.5) is 5.69 Å². The molecule has 1 aliphatic heterocycles. The predicted molar refractivity (Wildman–Crippen MR) is 92.2 cm³/mol. The van der Waals surface area contributed by atoms with Crippen LogP contribution >= 0.6 is 11.9 Å². The van der Waals surface area contributed by atoms with Gasteiger partial charge >= 0.3 is 0 Å². The Labute approximate surface area is 146 Å². The van der Waals surface area contributed by atoms with Crippen molar-refractivity contribution in [1.82, 2.24) is 10.2 Å². The molecule has 0 amide bonds. The molecule has 0 unspecified atom stereocenters. The quantitative estimate of drug-likeness (QED) is 0.598. The maximum Gasteiger partial charge on any atom is 0.162 e. The van der Waals surface area contributed by atoms with E-state index in [4.69, 9.17) is 17.6 Å². The summed E-state index contributed by atoms with van der Waals surface area (Å²) in [5, 5.41) is 3.14. The number of benzene rings is 1. The van der Waals surface area contributed by atoms with Crippen molar-refractivity contribution in [2.45, 2.75) is 38.9 Å². The third-order valence-electron chi connectivity index (χ3n) is 4.34. The number of hydrogen-bond acceptors (Lipinski definition) is 7. The Morgan fingerprint density at radius 2 is 2.21 bits per heavy atom. The molecule has 0 aromatic heterocycles. The molecular weight excluding hydrogens is 332 g/mol. The molecular formula is C16H23ClN4O3. The SMILES string of the molecule is CC(=O)[C@@H]1Cc2ccc(NOCl)cc2CN1CN[C@@H](C)C(=O)CN. The average molecular weight is 355 g/mol. The van der Waals surface area contributed by atoms with E-state index in [1.54, 1.807) is 13.8 Å². The normalized spacial score (nSPS) is 18.8. The summed E-state index contributed by atoms with van der Waals surface area (Å²) in [6, 6.07) is 5.20. The van der Waals surface area contributed by atoms with Crippen LogP contribution in [0.5, 0.6) is 0 Å². The third-order valence-corrected chi connectivity index (χ3v) is 4.42. The Hall–Kier alpha value is -1.51. The molecule has 0 radical (unpaired) electrons. The lowest BCUT2D eigenvalue weighted by Gasteiger charge is -2.36. The van der Waals surface area contributed by atoms with Crippen LogP contribution in [-0.4, -0.2) is 41.8 Å². The molecule has 4 N–H and O–H groups in total. The maximum atomic E-state index is 12.0. The highest BCUT2D eigenvalue weighted by Crippen LogP contribution is 2.26. The summed E-state index contributed by atoms with van der Waals surface area (Å²) in [5.74, 6) is 0.0454. The van der Waals surface area contributed by atoms with E-state index in [2.05, 4.69) is 15.2 Å².